The van der Waals surface area contributed by atoms with Crippen molar-refractivity contribution in [2.24, 2.45) is 11.0 Å². The first-order valence-electron chi connectivity index (χ1n) is 10.5. The molecule has 1 aliphatic heterocycles. The van der Waals surface area contributed by atoms with Crippen LogP contribution in [0, 0.1) is 11.7 Å². The highest BCUT2D eigenvalue weighted by Crippen LogP contribution is 2.37. The molecule has 1 saturated carbocycles. The molecule has 1 heterocycles. The molecule has 0 saturated heterocycles. The zero-order chi connectivity index (χ0) is 22.8. The Morgan fingerprint density at radius 3 is 2.41 bits per heavy atom. The number of nitrogens with zero attached hydrogens (tertiary/aromatic N) is 3. The first kappa shape index (κ1) is 21.8. The summed E-state index contributed by atoms with van der Waals surface area (Å²) in [5.74, 6) is 0.541. The summed E-state index contributed by atoms with van der Waals surface area (Å²) in [5.41, 5.74) is 2.25. The quantitative estimate of drug-likeness (QED) is 0.663. The van der Waals surface area contributed by atoms with Crippen LogP contribution in [-0.4, -0.2) is 55.2 Å². The molecule has 1 atom stereocenters. The van der Waals surface area contributed by atoms with Gasteiger partial charge in [-0.1, -0.05) is 18.2 Å². The lowest BCUT2D eigenvalue weighted by Gasteiger charge is -2.25. The first-order valence-corrected chi connectivity index (χ1v) is 10.5. The number of ether oxygens (including phenoxy) is 2. The van der Waals surface area contributed by atoms with Crippen molar-refractivity contribution in [2.45, 2.75) is 25.3 Å². The van der Waals surface area contributed by atoms with Crippen LogP contribution in [0.15, 0.2) is 47.6 Å². The summed E-state index contributed by atoms with van der Waals surface area (Å²) in [6, 6.07) is 11.1. The van der Waals surface area contributed by atoms with Gasteiger partial charge in [0.15, 0.2) is 11.5 Å². The third-order valence-electron chi connectivity index (χ3n) is 5.81. The maximum atomic E-state index is 13.4. The number of amides is 2. The Bertz CT molecular complexity index is 1050. The zero-order valence-corrected chi connectivity index (χ0v) is 18.4. The van der Waals surface area contributed by atoms with Crippen molar-refractivity contribution in [3.05, 3.63) is 59.4 Å². The van der Waals surface area contributed by atoms with Crippen LogP contribution in [0.4, 0.5) is 4.39 Å². The average Bonchev–Trinajstić information content (AvgIpc) is 3.56. The average molecular weight is 439 g/mol. The molecule has 8 heteroatoms. The fourth-order valence-corrected chi connectivity index (χ4v) is 3.87. The molecule has 4 rings (SSSR count). The van der Waals surface area contributed by atoms with E-state index in [1.165, 1.54) is 22.0 Å². The van der Waals surface area contributed by atoms with Crippen LogP contribution in [0.1, 0.15) is 36.4 Å². The lowest BCUT2D eigenvalue weighted by atomic mass is 9.98. The van der Waals surface area contributed by atoms with E-state index in [0.717, 1.165) is 24.0 Å². The van der Waals surface area contributed by atoms with Gasteiger partial charge in [-0.2, -0.15) is 5.10 Å². The molecule has 0 unspecified atom stereocenters. The third-order valence-corrected chi connectivity index (χ3v) is 5.81. The van der Waals surface area contributed by atoms with Crippen LogP contribution in [0.25, 0.3) is 0 Å². The number of likely N-dealkylation sites (N-methyl/N-ethyl adjacent to an activating group) is 1. The van der Waals surface area contributed by atoms with E-state index in [0.29, 0.717) is 23.6 Å². The number of rotatable bonds is 7. The normalized spacial score (nSPS) is 17.7. The van der Waals surface area contributed by atoms with E-state index in [9.17, 15) is 14.0 Å². The van der Waals surface area contributed by atoms with Gasteiger partial charge in [-0.15, -0.1) is 0 Å². The Labute approximate surface area is 186 Å². The van der Waals surface area contributed by atoms with Crippen LogP contribution in [-0.2, 0) is 9.59 Å². The molecule has 0 spiro atoms. The third kappa shape index (κ3) is 4.44. The fraction of sp³-hybridized carbons (Fsp3) is 0.375. The number of hydrogen-bond donors (Lipinski definition) is 0. The van der Waals surface area contributed by atoms with Crippen LogP contribution in [0.3, 0.4) is 0 Å². The van der Waals surface area contributed by atoms with Crippen molar-refractivity contribution in [3.63, 3.8) is 0 Å². The largest absolute Gasteiger partial charge is 0.493 e. The first-order chi connectivity index (χ1) is 15.4. The number of halogens is 1. The Kier molecular flexibility index (Phi) is 6.12. The summed E-state index contributed by atoms with van der Waals surface area (Å²) in [5, 5.41) is 6.01. The van der Waals surface area contributed by atoms with Gasteiger partial charge in [0.2, 0.25) is 5.91 Å². The predicted octanol–water partition coefficient (Wildman–Crippen LogP) is 3.39. The second-order valence-electron chi connectivity index (χ2n) is 8.09. The monoisotopic (exact) mass is 439 g/mol. The van der Waals surface area contributed by atoms with Gasteiger partial charge < -0.3 is 14.4 Å². The van der Waals surface area contributed by atoms with E-state index >= 15 is 0 Å². The molecule has 2 aromatic carbocycles. The molecule has 1 fully saturated rings. The van der Waals surface area contributed by atoms with E-state index in [4.69, 9.17) is 9.47 Å². The van der Waals surface area contributed by atoms with Gasteiger partial charge in [0.05, 0.1) is 26.0 Å². The minimum Gasteiger partial charge on any atom is -0.493 e. The van der Waals surface area contributed by atoms with Gasteiger partial charge in [0, 0.05) is 19.4 Å². The molecule has 2 aromatic rings. The van der Waals surface area contributed by atoms with E-state index in [1.54, 1.807) is 39.5 Å². The van der Waals surface area contributed by atoms with Gasteiger partial charge in [0.25, 0.3) is 5.91 Å². The maximum absolute atomic E-state index is 13.4. The highest BCUT2D eigenvalue weighted by Gasteiger charge is 2.37. The van der Waals surface area contributed by atoms with Crippen molar-refractivity contribution in [2.75, 3.05) is 27.8 Å². The van der Waals surface area contributed by atoms with Crippen LogP contribution in [0.5, 0.6) is 11.5 Å². The maximum Gasteiger partial charge on any atom is 0.262 e. The smallest absolute Gasteiger partial charge is 0.262 e. The summed E-state index contributed by atoms with van der Waals surface area (Å²) in [7, 11) is 4.76. The molecule has 0 radical (unpaired) electrons. The number of hydrazone groups is 1. The Morgan fingerprint density at radius 1 is 1.09 bits per heavy atom. The highest BCUT2D eigenvalue weighted by atomic mass is 19.1. The van der Waals surface area contributed by atoms with Crippen molar-refractivity contribution in [1.82, 2.24) is 9.91 Å². The SMILES string of the molecule is COc1ccc([C@H]2CC(c3ccc(F)cc3)=NN2C(=O)CN(C)C(=O)C2CC2)cc1OC. The summed E-state index contributed by atoms with van der Waals surface area (Å²) in [4.78, 5) is 27.0. The van der Waals surface area contributed by atoms with Crippen LogP contribution < -0.4 is 9.47 Å². The van der Waals surface area contributed by atoms with E-state index in [-0.39, 0.29) is 36.1 Å². The Hall–Kier alpha value is -3.42. The molecule has 0 aromatic heterocycles. The molecular formula is C24H26FN3O4. The summed E-state index contributed by atoms with van der Waals surface area (Å²) in [6.45, 7) is -0.0562. The fourth-order valence-electron chi connectivity index (χ4n) is 3.87. The number of benzene rings is 2. The molecule has 32 heavy (non-hydrogen) atoms. The van der Waals surface area contributed by atoms with Crippen LogP contribution >= 0.6 is 0 Å². The molecule has 0 bridgehead atoms. The van der Waals surface area contributed by atoms with Crippen molar-refractivity contribution in [1.29, 1.82) is 0 Å². The van der Waals surface area contributed by atoms with Crippen molar-refractivity contribution >= 4 is 17.5 Å². The topological polar surface area (TPSA) is 71.4 Å². The van der Waals surface area contributed by atoms with Gasteiger partial charge in [-0.25, -0.2) is 9.40 Å². The lowest BCUT2D eigenvalue weighted by Crippen LogP contribution is -2.39. The zero-order valence-electron chi connectivity index (χ0n) is 18.4. The number of carbonyl (C=O) groups is 2. The lowest BCUT2D eigenvalue weighted by molar-refractivity contribution is -0.141. The Balaban J connectivity index is 1.63. The second kappa shape index (κ2) is 8.98. The minimum absolute atomic E-state index is 0.0112. The van der Waals surface area contributed by atoms with Crippen molar-refractivity contribution in [3.8, 4) is 11.5 Å². The van der Waals surface area contributed by atoms with E-state index in [1.807, 2.05) is 12.1 Å². The van der Waals surface area contributed by atoms with Crippen molar-refractivity contribution < 1.29 is 23.5 Å². The molecule has 2 aliphatic rings. The second-order valence-corrected chi connectivity index (χ2v) is 8.09. The number of hydrogen-bond acceptors (Lipinski definition) is 5. The molecule has 2 amide bonds. The van der Waals surface area contributed by atoms with Gasteiger partial charge in [0.1, 0.15) is 12.4 Å². The van der Waals surface area contributed by atoms with Gasteiger partial charge >= 0.3 is 0 Å². The highest BCUT2D eigenvalue weighted by molar-refractivity contribution is 6.03. The molecule has 1 aliphatic carbocycles. The van der Waals surface area contributed by atoms with Crippen LogP contribution in [0.2, 0.25) is 0 Å². The standard InChI is InChI=1S/C24H26FN3O4/c1-27(24(30)16-4-5-16)14-23(29)28-20(17-8-11-21(31-2)22(12-17)32-3)13-19(26-28)15-6-9-18(25)10-7-15/h6-12,16,20H,4-5,13-14H2,1-3H3/t20-/m1/s1. The molecule has 168 valence electrons. The minimum atomic E-state index is -0.383. The van der Waals surface area contributed by atoms with Gasteiger partial charge in [-0.3, -0.25) is 9.59 Å². The Morgan fingerprint density at radius 2 is 1.78 bits per heavy atom. The molecular weight excluding hydrogens is 413 g/mol. The number of methoxy groups -OCH3 is 2. The summed E-state index contributed by atoms with van der Waals surface area (Å²) in [6.07, 6.45) is 2.21. The van der Waals surface area contributed by atoms with E-state index in [2.05, 4.69) is 5.10 Å². The van der Waals surface area contributed by atoms with E-state index < -0.39 is 0 Å². The van der Waals surface area contributed by atoms with Gasteiger partial charge in [-0.05, 0) is 48.2 Å². The number of carbonyl (C=O) groups excluding carboxylic acids is 2. The predicted molar refractivity (Wildman–Crippen MR) is 117 cm³/mol. The molecule has 0 N–H and O–H groups in total. The summed E-state index contributed by atoms with van der Waals surface area (Å²) < 4.78 is 24.1. The summed E-state index contributed by atoms with van der Waals surface area (Å²) >= 11 is 0. The molecule has 7 nitrogen and oxygen atoms in total.